The molecule has 0 heterocycles. The van der Waals surface area contributed by atoms with Crippen molar-refractivity contribution >= 4 is 23.8 Å². The normalized spacial score (nSPS) is 13.1. The second-order valence-corrected chi connectivity index (χ2v) is 3.89. The zero-order valence-corrected chi connectivity index (χ0v) is 10.5. The van der Waals surface area contributed by atoms with Gasteiger partial charge in [-0.2, -0.15) is 0 Å². The molecule has 114 valence electrons. The number of aliphatic hydroxyl groups is 1. The minimum atomic E-state index is -1.28. The molecule has 20 heavy (non-hydrogen) atoms. The summed E-state index contributed by atoms with van der Waals surface area (Å²) < 4.78 is 0. The molecule has 0 aliphatic heterocycles. The van der Waals surface area contributed by atoms with Crippen LogP contribution in [0.25, 0.3) is 0 Å². The summed E-state index contributed by atoms with van der Waals surface area (Å²) in [6.45, 7) is -1.31. The number of nitrogens with one attached hydrogen (secondary N) is 2. The van der Waals surface area contributed by atoms with E-state index in [1.54, 1.807) is 0 Å². The first-order chi connectivity index (χ1) is 9.27. The molecule has 2 atom stereocenters. The highest BCUT2D eigenvalue weighted by atomic mass is 16.4. The van der Waals surface area contributed by atoms with Crippen LogP contribution in [-0.4, -0.2) is 64.3 Å². The van der Waals surface area contributed by atoms with Crippen LogP contribution in [0.15, 0.2) is 0 Å². The van der Waals surface area contributed by atoms with E-state index in [-0.39, 0.29) is 6.42 Å². The standard InChI is InChI=1S/C10H17N3O7/c11-5(4-14)9(19)13-6(1-2-7(15)16)10(20)12-3-8(17)18/h5-6,14H,1-4,11H2,(H,12,20)(H,13,19)(H,15,16)(H,17,18)/t5-,6-/m0/s1. The van der Waals surface area contributed by atoms with E-state index in [2.05, 4.69) is 5.32 Å². The largest absolute Gasteiger partial charge is 0.481 e. The van der Waals surface area contributed by atoms with E-state index in [9.17, 15) is 19.2 Å². The number of hydrogen-bond donors (Lipinski definition) is 6. The molecule has 0 radical (unpaired) electrons. The molecule has 0 unspecified atom stereocenters. The number of carbonyl (C=O) groups is 4. The molecule has 2 amide bonds. The van der Waals surface area contributed by atoms with Crippen LogP contribution in [0.1, 0.15) is 12.8 Å². The molecule has 0 aromatic carbocycles. The SMILES string of the molecule is N[C@@H](CO)C(=O)N[C@@H](CCC(=O)O)C(=O)NCC(=O)O. The second kappa shape index (κ2) is 8.82. The second-order valence-electron chi connectivity index (χ2n) is 3.89. The summed E-state index contributed by atoms with van der Waals surface area (Å²) in [5.74, 6) is -4.14. The Labute approximate surface area is 113 Å². The maximum absolute atomic E-state index is 11.6. The lowest BCUT2D eigenvalue weighted by molar-refractivity contribution is -0.140. The lowest BCUT2D eigenvalue weighted by Crippen LogP contribution is -2.53. The molecule has 0 saturated heterocycles. The number of carboxylic acid groups (broad SMARTS) is 2. The fourth-order valence-corrected chi connectivity index (χ4v) is 1.18. The minimum absolute atomic E-state index is 0.231. The Balaban J connectivity index is 4.62. The molecule has 0 rings (SSSR count). The van der Waals surface area contributed by atoms with Crippen molar-refractivity contribution in [3.8, 4) is 0 Å². The highest BCUT2D eigenvalue weighted by Gasteiger charge is 2.24. The molecule has 0 saturated carbocycles. The van der Waals surface area contributed by atoms with Crippen LogP contribution in [-0.2, 0) is 19.2 Å². The first-order valence-electron chi connectivity index (χ1n) is 5.66. The molecular formula is C10H17N3O7. The van der Waals surface area contributed by atoms with E-state index in [1.165, 1.54) is 0 Å². The van der Waals surface area contributed by atoms with Crippen molar-refractivity contribution in [2.75, 3.05) is 13.2 Å². The van der Waals surface area contributed by atoms with Gasteiger partial charge in [-0.15, -0.1) is 0 Å². The maximum Gasteiger partial charge on any atom is 0.322 e. The quantitative estimate of drug-likeness (QED) is 0.258. The molecule has 0 aliphatic rings. The highest BCUT2D eigenvalue weighted by Crippen LogP contribution is 1.99. The Morgan fingerprint density at radius 3 is 2.10 bits per heavy atom. The van der Waals surface area contributed by atoms with Crippen LogP contribution < -0.4 is 16.4 Å². The van der Waals surface area contributed by atoms with Crippen LogP contribution in [0.4, 0.5) is 0 Å². The van der Waals surface area contributed by atoms with Gasteiger partial charge in [0.15, 0.2) is 0 Å². The van der Waals surface area contributed by atoms with Gasteiger partial charge in [-0.1, -0.05) is 0 Å². The fourth-order valence-electron chi connectivity index (χ4n) is 1.18. The van der Waals surface area contributed by atoms with E-state index in [0.717, 1.165) is 0 Å². The summed E-state index contributed by atoms with van der Waals surface area (Å²) in [7, 11) is 0. The van der Waals surface area contributed by atoms with Crippen molar-refractivity contribution in [2.45, 2.75) is 24.9 Å². The molecule has 0 spiro atoms. The summed E-state index contributed by atoms with van der Waals surface area (Å²) in [5.41, 5.74) is 5.24. The molecule has 0 bridgehead atoms. The summed E-state index contributed by atoms with van der Waals surface area (Å²) in [5, 5.41) is 29.8. The molecule has 10 heteroatoms. The zero-order valence-electron chi connectivity index (χ0n) is 10.5. The number of carboxylic acids is 2. The van der Waals surface area contributed by atoms with Crippen molar-refractivity contribution in [3.63, 3.8) is 0 Å². The van der Waals surface area contributed by atoms with Gasteiger partial charge in [0.2, 0.25) is 11.8 Å². The van der Waals surface area contributed by atoms with E-state index >= 15 is 0 Å². The van der Waals surface area contributed by atoms with Crippen LogP contribution in [0.3, 0.4) is 0 Å². The van der Waals surface area contributed by atoms with Crippen LogP contribution in [0.5, 0.6) is 0 Å². The van der Waals surface area contributed by atoms with Crippen LogP contribution >= 0.6 is 0 Å². The van der Waals surface area contributed by atoms with Gasteiger partial charge in [0, 0.05) is 6.42 Å². The van der Waals surface area contributed by atoms with Gasteiger partial charge < -0.3 is 31.7 Å². The van der Waals surface area contributed by atoms with Crippen molar-refractivity contribution in [3.05, 3.63) is 0 Å². The Kier molecular flexibility index (Phi) is 7.85. The average molecular weight is 291 g/mol. The van der Waals surface area contributed by atoms with Crippen molar-refractivity contribution in [1.82, 2.24) is 10.6 Å². The third kappa shape index (κ3) is 7.28. The van der Waals surface area contributed by atoms with E-state index in [0.29, 0.717) is 0 Å². The molecular weight excluding hydrogens is 274 g/mol. The van der Waals surface area contributed by atoms with Gasteiger partial charge in [-0.3, -0.25) is 19.2 Å². The number of rotatable bonds is 9. The molecule has 0 aliphatic carbocycles. The molecule has 7 N–H and O–H groups in total. The van der Waals surface area contributed by atoms with Gasteiger partial charge in [-0.05, 0) is 6.42 Å². The number of amides is 2. The third-order valence-corrected chi connectivity index (χ3v) is 2.23. The number of carbonyl (C=O) groups excluding carboxylic acids is 2. The summed E-state index contributed by atoms with van der Waals surface area (Å²) in [6, 6.07) is -2.50. The molecule has 0 aromatic heterocycles. The van der Waals surface area contributed by atoms with Gasteiger partial charge in [-0.25, -0.2) is 0 Å². The summed E-state index contributed by atoms with van der Waals surface area (Å²) >= 11 is 0. The third-order valence-electron chi connectivity index (χ3n) is 2.23. The lowest BCUT2D eigenvalue weighted by Gasteiger charge is -2.19. The summed E-state index contributed by atoms with van der Waals surface area (Å²) in [4.78, 5) is 43.8. The van der Waals surface area contributed by atoms with Gasteiger partial charge in [0.05, 0.1) is 6.61 Å². The Morgan fingerprint density at radius 2 is 1.65 bits per heavy atom. The Morgan fingerprint density at radius 1 is 1.05 bits per heavy atom. The van der Waals surface area contributed by atoms with Gasteiger partial charge >= 0.3 is 11.9 Å². The molecule has 0 aromatic rings. The van der Waals surface area contributed by atoms with Crippen molar-refractivity contribution < 1.29 is 34.5 Å². The van der Waals surface area contributed by atoms with Gasteiger partial charge in [0.25, 0.3) is 0 Å². The van der Waals surface area contributed by atoms with Crippen LogP contribution in [0, 0.1) is 0 Å². The van der Waals surface area contributed by atoms with E-state index < -0.39 is 55.4 Å². The maximum atomic E-state index is 11.6. The molecule has 10 nitrogen and oxygen atoms in total. The predicted octanol–water partition coefficient (Wildman–Crippen LogP) is -3.14. The topological polar surface area (TPSA) is 179 Å². The van der Waals surface area contributed by atoms with E-state index in [4.69, 9.17) is 21.1 Å². The molecule has 0 fully saturated rings. The zero-order chi connectivity index (χ0) is 15.7. The Hall–Kier alpha value is -2.20. The van der Waals surface area contributed by atoms with Gasteiger partial charge in [0.1, 0.15) is 18.6 Å². The number of aliphatic carboxylic acids is 2. The highest BCUT2D eigenvalue weighted by molar-refractivity contribution is 5.91. The Bertz CT molecular complexity index is 385. The monoisotopic (exact) mass is 291 g/mol. The average Bonchev–Trinajstić information content (AvgIpc) is 2.38. The first-order valence-corrected chi connectivity index (χ1v) is 5.66. The van der Waals surface area contributed by atoms with Crippen molar-refractivity contribution in [2.24, 2.45) is 5.73 Å². The summed E-state index contributed by atoms with van der Waals surface area (Å²) in [6.07, 6.45) is -0.634. The predicted molar refractivity (Wildman–Crippen MR) is 64.5 cm³/mol. The number of aliphatic hydroxyl groups excluding tert-OH is 1. The number of hydrogen-bond acceptors (Lipinski definition) is 6. The number of nitrogens with two attached hydrogens (primary N) is 1. The van der Waals surface area contributed by atoms with Crippen molar-refractivity contribution in [1.29, 1.82) is 0 Å². The first kappa shape index (κ1) is 17.8. The lowest BCUT2D eigenvalue weighted by atomic mass is 10.1. The fraction of sp³-hybridized carbons (Fsp3) is 0.600. The smallest absolute Gasteiger partial charge is 0.322 e. The van der Waals surface area contributed by atoms with Crippen LogP contribution in [0.2, 0.25) is 0 Å². The van der Waals surface area contributed by atoms with E-state index in [1.807, 2.05) is 5.32 Å². The minimum Gasteiger partial charge on any atom is -0.481 e.